The van der Waals surface area contributed by atoms with Crippen LogP contribution in [0.2, 0.25) is 0 Å². The minimum absolute atomic E-state index is 0.0172. The third-order valence-electron chi connectivity index (χ3n) is 5.29. The molecule has 1 saturated heterocycles. The molecule has 2 heterocycles. The number of piperidine rings is 1. The first-order valence-electron chi connectivity index (χ1n) is 10.3. The minimum atomic E-state index is -0.219. The Kier molecular flexibility index (Phi) is 6.23. The fourth-order valence-corrected chi connectivity index (χ4v) is 4.73. The minimum Gasteiger partial charge on any atom is -0.339 e. The molecule has 5 nitrogen and oxygen atoms in total. The second-order valence-electron chi connectivity index (χ2n) is 7.54. The molecule has 0 radical (unpaired) electrons. The number of benzene rings is 2. The molecule has 2 aromatic carbocycles. The van der Waals surface area contributed by atoms with Crippen molar-refractivity contribution in [1.29, 1.82) is 0 Å². The highest BCUT2D eigenvalue weighted by molar-refractivity contribution is 7.14. The van der Waals surface area contributed by atoms with Crippen LogP contribution in [0.3, 0.4) is 0 Å². The Bertz CT molecular complexity index is 1040. The molecule has 0 bridgehead atoms. The highest BCUT2D eigenvalue weighted by Crippen LogP contribution is 2.24. The van der Waals surface area contributed by atoms with E-state index in [9.17, 15) is 9.59 Å². The second kappa shape index (κ2) is 9.22. The summed E-state index contributed by atoms with van der Waals surface area (Å²) in [6.07, 6.45) is 3.93. The molecule has 1 fully saturated rings. The lowest BCUT2D eigenvalue weighted by Crippen LogP contribution is -2.36. The van der Waals surface area contributed by atoms with Crippen molar-refractivity contribution >= 4 is 28.8 Å². The first kappa shape index (κ1) is 20.3. The normalized spacial score (nSPS) is 13.8. The number of thiazole rings is 1. The quantitative estimate of drug-likeness (QED) is 0.638. The van der Waals surface area contributed by atoms with Crippen LogP contribution in [0.4, 0.5) is 5.69 Å². The van der Waals surface area contributed by atoms with Gasteiger partial charge in [0.05, 0.1) is 22.0 Å². The van der Waals surface area contributed by atoms with Crippen LogP contribution in [0.5, 0.6) is 0 Å². The zero-order chi connectivity index (χ0) is 20.9. The Morgan fingerprint density at radius 1 is 1.00 bits per heavy atom. The SMILES string of the molecule is Cc1nc(Cc2ccccc2)sc1C(=O)Nc1ccccc1C(=O)N1CCCCC1. The van der Waals surface area contributed by atoms with Gasteiger partial charge in [-0.05, 0) is 43.9 Å². The predicted molar refractivity (Wildman–Crippen MR) is 120 cm³/mol. The zero-order valence-corrected chi connectivity index (χ0v) is 17.9. The second-order valence-corrected chi connectivity index (χ2v) is 8.62. The Labute approximate surface area is 180 Å². The number of aryl methyl sites for hydroxylation is 1. The topological polar surface area (TPSA) is 62.3 Å². The lowest BCUT2D eigenvalue weighted by atomic mass is 10.1. The number of anilines is 1. The Morgan fingerprint density at radius 2 is 1.70 bits per heavy atom. The van der Waals surface area contributed by atoms with Crippen LogP contribution >= 0.6 is 11.3 Å². The van der Waals surface area contributed by atoms with Crippen molar-refractivity contribution in [2.45, 2.75) is 32.6 Å². The van der Waals surface area contributed by atoms with E-state index in [1.165, 1.54) is 11.3 Å². The van der Waals surface area contributed by atoms with E-state index in [0.29, 0.717) is 28.2 Å². The van der Waals surface area contributed by atoms with E-state index in [0.717, 1.165) is 42.9 Å². The van der Waals surface area contributed by atoms with Crippen molar-refractivity contribution < 1.29 is 9.59 Å². The maximum atomic E-state index is 13.0. The molecule has 154 valence electrons. The lowest BCUT2D eigenvalue weighted by Gasteiger charge is -2.27. The molecular formula is C24H25N3O2S. The smallest absolute Gasteiger partial charge is 0.267 e. The molecule has 1 aliphatic rings. The molecule has 6 heteroatoms. The third kappa shape index (κ3) is 4.60. The molecule has 3 aromatic rings. The molecule has 1 aromatic heterocycles. The van der Waals surface area contributed by atoms with Crippen LogP contribution in [0.25, 0.3) is 0 Å². The van der Waals surface area contributed by atoms with E-state index < -0.39 is 0 Å². The summed E-state index contributed by atoms with van der Waals surface area (Å²) < 4.78 is 0. The molecule has 2 amide bonds. The van der Waals surface area contributed by atoms with Gasteiger partial charge in [0, 0.05) is 19.5 Å². The van der Waals surface area contributed by atoms with Crippen molar-refractivity contribution in [2.75, 3.05) is 18.4 Å². The summed E-state index contributed by atoms with van der Waals surface area (Å²) in [5.74, 6) is -0.236. The van der Waals surface area contributed by atoms with E-state index >= 15 is 0 Å². The van der Waals surface area contributed by atoms with Gasteiger partial charge in [0.1, 0.15) is 4.88 Å². The molecule has 0 saturated carbocycles. The summed E-state index contributed by atoms with van der Waals surface area (Å²) in [5.41, 5.74) is 2.97. The number of carbonyl (C=O) groups excluding carboxylic acids is 2. The van der Waals surface area contributed by atoms with Crippen molar-refractivity contribution in [3.8, 4) is 0 Å². The van der Waals surface area contributed by atoms with Gasteiger partial charge in [-0.1, -0.05) is 42.5 Å². The molecule has 1 N–H and O–H groups in total. The maximum absolute atomic E-state index is 13.0. The first-order chi connectivity index (χ1) is 14.6. The maximum Gasteiger partial charge on any atom is 0.267 e. The largest absolute Gasteiger partial charge is 0.339 e. The van der Waals surface area contributed by atoms with Gasteiger partial charge >= 0.3 is 0 Å². The van der Waals surface area contributed by atoms with Gasteiger partial charge in [0.2, 0.25) is 0 Å². The average Bonchev–Trinajstić information content (AvgIpc) is 3.15. The van der Waals surface area contributed by atoms with Crippen LogP contribution in [-0.2, 0) is 6.42 Å². The summed E-state index contributed by atoms with van der Waals surface area (Å²) in [5, 5.41) is 3.85. The summed E-state index contributed by atoms with van der Waals surface area (Å²) in [7, 11) is 0. The molecule has 0 spiro atoms. The van der Waals surface area contributed by atoms with E-state index in [1.54, 1.807) is 12.1 Å². The predicted octanol–water partition coefficient (Wildman–Crippen LogP) is 4.92. The van der Waals surface area contributed by atoms with Crippen molar-refractivity contribution in [1.82, 2.24) is 9.88 Å². The van der Waals surface area contributed by atoms with Crippen molar-refractivity contribution in [3.63, 3.8) is 0 Å². The number of hydrogen-bond acceptors (Lipinski definition) is 4. The van der Waals surface area contributed by atoms with Gasteiger partial charge in [-0.15, -0.1) is 11.3 Å². The summed E-state index contributed by atoms with van der Waals surface area (Å²) >= 11 is 1.41. The highest BCUT2D eigenvalue weighted by Gasteiger charge is 2.22. The van der Waals surface area contributed by atoms with E-state index in [2.05, 4.69) is 22.4 Å². The molecule has 0 aliphatic carbocycles. The Balaban J connectivity index is 1.51. The molecule has 0 atom stereocenters. The van der Waals surface area contributed by atoms with Crippen LogP contribution in [0, 0.1) is 6.92 Å². The lowest BCUT2D eigenvalue weighted by molar-refractivity contribution is 0.0725. The molecular weight excluding hydrogens is 394 g/mol. The molecule has 1 aliphatic heterocycles. The number of aromatic nitrogens is 1. The van der Waals surface area contributed by atoms with Crippen molar-refractivity contribution in [2.24, 2.45) is 0 Å². The highest BCUT2D eigenvalue weighted by atomic mass is 32.1. The van der Waals surface area contributed by atoms with Crippen LogP contribution in [-0.4, -0.2) is 34.8 Å². The van der Waals surface area contributed by atoms with Gasteiger partial charge < -0.3 is 10.2 Å². The van der Waals surface area contributed by atoms with Gasteiger partial charge in [-0.2, -0.15) is 0 Å². The monoisotopic (exact) mass is 419 g/mol. The summed E-state index contributed by atoms with van der Waals surface area (Å²) in [6, 6.07) is 17.3. The van der Waals surface area contributed by atoms with E-state index in [-0.39, 0.29) is 11.8 Å². The van der Waals surface area contributed by atoms with Crippen LogP contribution in [0.1, 0.15) is 55.6 Å². The van der Waals surface area contributed by atoms with Crippen LogP contribution in [0.15, 0.2) is 54.6 Å². The standard InChI is InChI=1S/C24H25N3O2S/c1-17-22(30-21(25-17)16-18-10-4-2-5-11-18)23(28)26-20-13-7-6-12-19(20)24(29)27-14-8-3-9-15-27/h2,4-7,10-13H,3,8-9,14-16H2,1H3,(H,26,28). The van der Waals surface area contributed by atoms with E-state index in [4.69, 9.17) is 0 Å². The number of amides is 2. The number of likely N-dealkylation sites (tertiary alicyclic amines) is 1. The number of hydrogen-bond donors (Lipinski definition) is 1. The van der Waals surface area contributed by atoms with E-state index in [1.807, 2.05) is 42.2 Å². The number of nitrogens with zero attached hydrogens (tertiary/aromatic N) is 2. The fourth-order valence-electron chi connectivity index (χ4n) is 3.73. The Morgan fingerprint density at radius 3 is 2.47 bits per heavy atom. The van der Waals surface area contributed by atoms with Gasteiger partial charge in [0.25, 0.3) is 11.8 Å². The van der Waals surface area contributed by atoms with Gasteiger partial charge in [-0.25, -0.2) is 4.98 Å². The van der Waals surface area contributed by atoms with Gasteiger partial charge in [0.15, 0.2) is 0 Å². The molecule has 0 unspecified atom stereocenters. The molecule has 4 rings (SSSR count). The number of nitrogens with one attached hydrogen (secondary N) is 1. The average molecular weight is 420 g/mol. The summed E-state index contributed by atoms with van der Waals surface area (Å²) in [6.45, 7) is 3.40. The third-order valence-corrected chi connectivity index (χ3v) is 6.45. The Hall–Kier alpha value is -2.99. The van der Waals surface area contributed by atoms with Crippen LogP contribution < -0.4 is 5.32 Å². The summed E-state index contributed by atoms with van der Waals surface area (Å²) in [4.78, 5) is 33.0. The fraction of sp³-hybridized carbons (Fsp3) is 0.292. The molecule has 30 heavy (non-hydrogen) atoms. The number of carbonyl (C=O) groups is 2. The first-order valence-corrected chi connectivity index (χ1v) is 11.1. The zero-order valence-electron chi connectivity index (χ0n) is 17.1. The number of rotatable bonds is 5. The number of para-hydroxylation sites is 1. The van der Waals surface area contributed by atoms with Crippen molar-refractivity contribution in [3.05, 3.63) is 81.3 Å². The van der Waals surface area contributed by atoms with Gasteiger partial charge in [-0.3, -0.25) is 9.59 Å².